The maximum Gasteiger partial charge on any atom is 0.332 e. The Hall–Kier alpha value is -3.06. The molecule has 1 aliphatic carbocycles. The Morgan fingerprint density at radius 2 is 2.06 bits per heavy atom. The van der Waals surface area contributed by atoms with E-state index in [1.807, 2.05) is 20.0 Å². The molecule has 0 atom stereocenters. The number of hydrogen-bond acceptors (Lipinski definition) is 6. The van der Waals surface area contributed by atoms with Crippen LogP contribution in [0.15, 0.2) is 23.3 Å². The van der Waals surface area contributed by atoms with Crippen LogP contribution in [0.25, 0.3) is 16.6 Å². The van der Waals surface area contributed by atoms with Crippen molar-refractivity contribution in [3.8, 4) is 0 Å². The molecule has 1 aromatic heterocycles. The van der Waals surface area contributed by atoms with Crippen molar-refractivity contribution in [1.82, 2.24) is 9.88 Å². The maximum absolute atomic E-state index is 14.5. The fourth-order valence-corrected chi connectivity index (χ4v) is 4.53. The van der Waals surface area contributed by atoms with E-state index in [1.165, 1.54) is 11.6 Å². The molecule has 0 amide bonds. The van der Waals surface area contributed by atoms with E-state index < -0.39 is 12.6 Å². The Bertz CT molecular complexity index is 1170. The van der Waals surface area contributed by atoms with Gasteiger partial charge in [0.25, 0.3) is 0 Å². The largest absolute Gasteiger partial charge is 0.459 e. The third-order valence-corrected chi connectivity index (χ3v) is 6.24. The van der Waals surface area contributed by atoms with Crippen LogP contribution in [0.2, 0.25) is 0 Å². The second-order valence-electron chi connectivity index (χ2n) is 8.16. The number of halogens is 1. The summed E-state index contributed by atoms with van der Waals surface area (Å²) < 4.78 is 19.4. The zero-order valence-electron chi connectivity index (χ0n) is 17.9. The number of allylic oxidation sites excluding steroid dienone is 2. The number of hydrogen-bond donors (Lipinski definition) is 1. The van der Waals surface area contributed by atoms with Gasteiger partial charge in [0.15, 0.2) is 0 Å². The smallest absolute Gasteiger partial charge is 0.332 e. The van der Waals surface area contributed by atoms with Gasteiger partial charge in [0.2, 0.25) is 0 Å². The van der Waals surface area contributed by atoms with Crippen LogP contribution in [0, 0.1) is 12.7 Å². The Kier molecular flexibility index (Phi) is 5.62. The first kappa shape index (κ1) is 21.2. The molecule has 0 radical (unpaired) electrons. The molecule has 1 aromatic carbocycles. The van der Waals surface area contributed by atoms with Crippen molar-refractivity contribution in [1.29, 1.82) is 0 Å². The summed E-state index contributed by atoms with van der Waals surface area (Å²) in [6.45, 7) is 3.35. The topological polar surface area (TPSA) is 79.7 Å². The third kappa shape index (κ3) is 3.63. The summed E-state index contributed by atoms with van der Waals surface area (Å²) in [4.78, 5) is 29.7. The number of carbonyl (C=O) groups is 2. The lowest BCUT2D eigenvalue weighted by Gasteiger charge is -2.21. The molecule has 6 nitrogen and oxygen atoms in total. The van der Waals surface area contributed by atoms with Gasteiger partial charge in [0.05, 0.1) is 16.9 Å². The summed E-state index contributed by atoms with van der Waals surface area (Å²) in [5.41, 5.74) is 7.44. The highest BCUT2D eigenvalue weighted by molar-refractivity contribution is 5.92. The summed E-state index contributed by atoms with van der Waals surface area (Å²) in [5, 5.41) is 9.89. The van der Waals surface area contributed by atoms with Gasteiger partial charge in [-0.25, -0.2) is 14.2 Å². The van der Waals surface area contributed by atoms with Crippen molar-refractivity contribution in [2.24, 2.45) is 0 Å². The van der Waals surface area contributed by atoms with E-state index >= 15 is 0 Å². The third-order valence-electron chi connectivity index (χ3n) is 6.24. The van der Waals surface area contributed by atoms with Gasteiger partial charge in [-0.1, -0.05) is 0 Å². The lowest BCUT2D eigenvalue weighted by molar-refractivity contribution is -0.145. The standard InChI is InChI=1S/C24H25FN2O4/c1-13(15(10-28)12-31-22(30)11-29)7-21-24-18(9-27(21)3)17-6-4-5-16-14(2)19(25)8-20(26-24)23(16)17/h7-8,10,29H,4-6,9,11-12H2,1-3H3/b15-13+,21-7-. The van der Waals surface area contributed by atoms with Crippen LogP contribution in [0.5, 0.6) is 0 Å². The molecule has 31 heavy (non-hydrogen) atoms. The first-order chi connectivity index (χ1) is 14.8. The molecule has 1 N–H and O–H groups in total. The fourth-order valence-electron chi connectivity index (χ4n) is 4.53. The number of pyridine rings is 1. The molecule has 162 valence electrons. The fraction of sp³-hybridized carbons (Fsp3) is 0.375. The van der Waals surface area contributed by atoms with Crippen molar-refractivity contribution >= 4 is 28.9 Å². The van der Waals surface area contributed by atoms with Crippen LogP contribution in [0.1, 0.15) is 41.3 Å². The zero-order valence-corrected chi connectivity index (χ0v) is 17.9. The summed E-state index contributed by atoms with van der Waals surface area (Å²) in [6, 6.07) is 1.52. The number of aryl methyl sites for hydroxylation is 2. The second-order valence-corrected chi connectivity index (χ2v) is 8.16. The number of esters is 1. The van der Waals surface area contributed by atoms with Gasteiger partial charge in [-0.05, 0) is 61.4 Å². The van der Waals surface area contributed by atoms with E-state index in [1.54, 1.807) is 6.92 Å². The van der Waals surface area contributed by atoms with Gasteiger partial charge in [-0.2, -0.15) is 0 Å². The Labute approximate surface area is 180 Å². The molecular formula is C24H25FN2O4. The van der Waals surface area contributed by atoms with Crippen LogP contribution >= 0.6 is 0 Å². The normalized spacial score (nSPS) is 17.1. The SMILES string of the molecule is CC(/C=C1/c2nc3cc(F)c(C)c4c3c(c2CN1C)CCC4)=C(/C=O)COC(=O)CO. The minimum absolute atomic E-state index is 0.209. The molecule has 0 spiro atoms. The average Bonchev–Trinajstić information content (AvgIpc) is 3.07. The van der Waals surface area contributed by atoms with Gasteiger partial charge in [-0.15, -0.1) is 0 Å². The van der Waals surface area contributed by atoms with Gasteiger partial charge < -0.3 is 14.7 Å². The molecule has 0 bridgehead atoms. The number of aliphatic hydroxyl groups is 1. The summed E-state index contributed by atoms with van der Waals surface area (Å²) in [7, 11) is 1.96. The number of carbonyl (C=O) groups excluding carboxylic acids is 2. The van der Waals surface area contributed by atoms with Crippen molar-refractivity contribution < 1.29 is 23.8 Å². The highest BCUT2D eigenvalue weighted by Crippen LogP contribution is 2.41. The summed E-state index contributed by atoms with van der Waals surface area (Å²) in [5.74, 6) is -1.02. The molecule has 2 heterocycles. The predicted octanol–water partition coefficient (Wildman–Crippen LogP) is 3.01. The highest BCUT2D eigenvalue weighted by atomic mass is 19.1. The quantitative estimate of drug-likeness (QED) is 0.452. The molecular weight excluding hydrogens is 399 g/mol. The van der Waals surface area contributed by atoms with Gasteiger partial charge >= 0.3 is 5.97 Å². The van der Waals surface area contributed by atoms with Crippen LogP contribution in [-0.4, -0.2) is 47.5 Å². The Balaban J connectivity index is 1.84. The Morgan fingerprint density at radius 1 is 1.32 bits per heavy atom. The van der Waals surface area contributed by atoms with E-state index in [4.69, 9.17) is 14.8 Å². The molecule has 7 heteroatoms. The number of aldehydes is 1. The molecule has 4 rings (SSSR count). The number of benzene rings is 1. The minimum Gasteiger partial charge on any atom is -0.459 e. The molecule has 2 aliphatic rings. The zero-order chi connectivity index (χ0) is 22.3. The van der Waals surface area contributed by atoms with Crippen LogP contribution in [0.4, 0.5) is 4.39 Å². The molecule has 2 aromatic rings. The van der Waals surface area contributed by atoms with Gasteiger partial charge in [-0.3, -0.25) is 4.79 Å². The van der Waals surface area contributed by atoms with Crippen LogP contribution in [0.3, 0.4) is 0 Å². The first-order valence-corrected chi connectivity index (χ1v) is 10.3. The summed E-state index contributed by atoms with van der Waals surface area (Å²) >= 11 is 0. The molecule has 0 unspecified atom stereocenters. The highest BCUT2D eigenvalue weighted by Gasteiger charge is 2.30. The lowest BCUT2D eigenvalue weighted by Crippen LogP contribution is -2.13. The van der Waals surface area contributed by atoms with E-state index in [2.05, 4.69) is 4.90 Å². The van der Waals surface area contributed by atoms with E-state index in [0.29, 0.717) is 35.1 Å². The number of rotatable bonds is 5. The second kappa shape index (κ2) is 8.23. The molecule has 0 fully saturated rings. The van der Waals surface area contributed by atoms with E-state index in [9.17, 15) is 14.0 Å². The van der Waals surface area contributed by atoms with E-state index in [-0.39, 0.29) is 12.4 Å². The predicted molar refractivity (Wildman–Crippen MR) is 115 cm³/mol. The lowest BCUT2D eigenvalue weighted by atomic mass is 9.85. The number of fused-ring (bicyclic) bond motifs is 2. The van der Waals surface area contributed by atoms with E-state index in [0.717, 1.165) is 47.2 Å². The average molecular weight is 424 g/mol. The van der Waals surface area contributed by atoms with Gasteiger partial charge in [0, 0.05) is 36.2 Å². The van der Waals surface area contributed by atoms with Crippen molar-refractivity contribution in [3.63, 3.8) is 0 Å². The number of ether oxygens (including phenoxy) is 1. The van der Waals surface area contributed by atoms with Crippen molar-refractivity contribution in [2.75, 3.05) is 20.3 Å². The number of aromatic nitrogens is 1. The molecule has 1 aliphatic heterocycles. The number of aliphatic hydroxyl groups excluding tert-OH is 1. The molecule has 0 saturated heterocycles. The van der Waals surface area contributed by atoms with Crippen LogP contribution < -0.4 is 0 Å². The Morgan fingerprint density at radius 3 is 2.77 bits per heavy atom. The maximum atomic E-state index is 14.5. The van der Waals surface area contributed by atoms with Crippen LogP contribution in [-0.2, 0) is 33.7 Å². The minimum atomic E-state index is -0.788. The van der Waals surface area contributed by atoms with Crippen molar-refractivity contribution in [2.45, 2.75) is 39.7 Å². The van der Waals surface area contributed by atoms with Crippen molar-refractivity contribution in [3.05, 3.63) is 57.1 Å². The monoisotopic (exact) mass is 424 g/mol. The summed E-state index contributed by atoms with van der Waals surface area (Å²) in [6.07, 6.45) is 5.28. The first-order valence-electron chi connectivity index (χ1n) is 10.3. The van der Waals surface area contributed by atoms with Gasteiger partial charge in [0.1, 0.15) is 25.3 Å². The molecule has 0 saturated carbocycles. The number of nitrogens with zero attached hydrogens (tertiary/aromatic N) is 2.